The average Bonchev–Trinajstić information content (AvgIpc) is 2.59. The minimum atomic E-state index is -0.305. The molecule has 0 saturated heterocycles. The van der Waals surface area contributed by atoms with E-state index in [-0.39, 0.29) is 11.4 Å². The molecule has 1 aromatic heterocycles. The Hall–Kier alpha value is -2.95. The number of rotatable bonds is 4. The van der Waals surface area contributed by atoms with Gasteiger partial charge in [-0.15, -0.1) is 0 Å². The fraction of sp³-hybridized carbons (Fsp3) is 0.111. The Morgan fingerprint density at radius 1 is 1.00 bits per heavy atom. The molecule has 0 atom stereocenters. The molecule has 4 nitrogen and oxygen atoms in total. The lowest BCUT2D eigenvalue weighted by molar-refractivity contribution is 0.415. The van der Waals surface area contributed by atoms with E-state index in [4.69, 9.17) is 4.74 Å². The summed E-state index contributed by atoms with van der Waals surface area (Å²) in [6.07, 6.45) is 0. The van der Waals surface area contributed by atoms with Gasteiger partial charge in [0.15, 0.2) is 0 Å². The summed E-state index contributed by atoms with van der Waals surface area (Å²) in [5, 5.41) is 4.39. The molecule has 0 fully saturated rings. The first-order chi connectivity index (χ1) is 11.2. The van der Waals surface area contributed by atoms with Crippen molar-refractivity contribution in [3.63, 3.8) is 0 Å². The van der Waals surface area contributed by atoms with Crippen LogP contribution in [-0.4, -0.2) is 16.9 Å². The maximum absolute atomic E-state index is 13.0. The highest BCUT2D eigenvalue weighted by molar-refractivity contribution is 5.59. The molecule has 3 rings (SSSR count). The lowest BCUT2D eigenvalue weighted by atomic mass is 10.1. The summed E-state index contributed by atoms with van der Waals surface area (Å²) < 4.78 is 19.5. The zero-order valence-electron chi connectivity index (χ0n) is 12.6. The molecule has 116 valence electrons. The molecule has 5 heteroatoms. The number of halogens is 1. The monoisotopic (exact) mass is 310 g/mol. The fourth-order valence-corrected chi connectivity index (χ4v) is 2.24. The van der Waals surface area contributed by atoms with E-state index in [9.17, 15) is 9.18 Å². The SMILES string of the molecule is COc1ccc(-c2ccc(=O)n(Cc3ccc(F)cc3)n2)cc1. The van der Waals surface area contributed by atoms with E-state index in [1.165, 1.54) is 22.9 Å². The van der Waals surface area contributed by atoms with E-state index in [2.05, 4.69) is 5.10 Å². The molecule has 0 radical (unpaired) electrons. The third-order valence-electron chi connectivity index (χ3n) is 3.50. The van der Waals surface area contributed by atoms with Crippen molar-refractivity contribution in [3.05, 3.63) is 82.4 Å². The van der Waals surface area contributed by atoms with E-state index in [1.807, 2.05) is 24.3 Å². The molecule has 0 aliphatic carbocycles. The average molecular weight is 310 g/mol. The molecule has 0 aliphatic rings. The second-order valence-corrected chi connectivity index (χ2v) is 5.07. The van der Waals surface area contributed by atoms with Crippen molar-refractivity contribution in [2.45, 2.75) is 6.54 Å². The number of methoxy groups -OCH3 is 1. The van der Waals surface area contributed by atoms with E-state index < -0.39 is 0 Å². The van der Waals surface area contributed by atoms with Gasteiger partial charge in [0.05, 0.1) is 19.3 Å². The summed E-state index contributed by atoms with van der Waals surface area (Å²) in [6, 6.07) is 16.6. The maximum atomic E-state index is 13.0. The molecular formula is C18H15FN2O2. The predicted octanol–water partition coefficient (Wildman–Crippen LogP) is 3.11. The minimum absolute atomic E-state index is 0.202. The quantitative estimate of drug-likeness (QED) is 0.744. The van der Waals surface area contributed by atoms with E-state index in [1.54, 1.807) is 25.3 Å². The molecule has 0 spiro atoms. The van der Waals surface area contributed by atoms with Gasteiger partial charge < -0.3 is 4.74 Å². The zero-order valence-corrected chi connectivity index (χ0v) is 12.6. The van der Waals surface area contributed by atoms with Gasteiger partial charge in [0.2, 0.25) is 0 Å². The molecule has 0 N–H and O–H groups in total. The second kappa shape index (κ2) is 6.44. The summed E-state index contributed by atoms with van der Waals surface area (Å²) in [5.74, 6) is 0.453. The van der Waals surface area contributed by atoms with Gasteiger partial charge in [0.1, 0.15) is 11.6 Å². The molecule has 1 heterocycles. The Morgan fingerprint density at radius 3 is 2.35 bits per heavy atom. The van der Waals surface area contributed by atoms with Crippen LogP contribution in [0.1, 0.15) is 5.56 Å². The van der Waals surface area contributed by atoms with Gasteiger partial charge >= 0.3 is 0 Å². The molecule has 3 aromatic rings. The number of nitrogens with zero attached hydrogens (tertiary/aromatic N) is 2. The standard InChI is InChI=1S/C18H15FN2O2/c1-23-16-8-4-14(5-9-16)17-10-11-18(22)21(20-17)12-13-2-6-15(19)7-3-13/h2-11H,12H2,1H3. The number of ether oxygens (including phenoxy) is 1. The Balaban J connectivity index is 1.91. The first-order valence-electron chi connectivity index (χ1n) is 7.13. The van der Waals surface area contributed by atoms with Crippen LogP contribution < -0.4 is 10.3 Å². The topological polar surface area (TPSA) is 44.1 Å². The Morgan fingerprint density at radius 2 is 1.70 bits per heavy atom. The molecule has 0 aliphatic heterocycles. The number of hydrogen-bond donors (Lipinski definition) is 0. The van der Waals surface area contributed by atoms with Crippen molar-refractivity contribution in [1.82, 2.24) is 9.78 Å². The van der Waals surface area contributed by atoms with Gasteiger partial charge in [0.25, 0.3) is 5.56 Å². The van der Waals surface area contributed by atoms with E-state index in [0.29, 0.717) is 12.2 Å². The Bertz CT molecular complexity index is 855. The number of aromatic nitrogens is 2. The fourth-order valence-electron chi connectivity index (χ4n) is 2.24. The van der Waals surface area contributed by atoms with Gasteiger partial charge in [-0.05, 0) is 48.0 Å². The summed E-state index contributed by atoms with van der Waals surface area (Å²) in [7, 11) is 1.61. The van der Waals surface area contributed by atoms with Gasteiger partial charge in [0, 0.05) is 11.6 Å². The van der Waals surface area contributed by atoms with Gasteiger partial charge in [-0.25, -0.2) is 9.07 Å². The maximum Gasteiger partial charge on any atom is 0.267 e. The van der Waals surface area contributed by atoms with Crippen molar-refractivity contribution in [2.75, 3.05) is 7.11 Å². The van der Waals surface area contributed by atoms with Crippen LogP contribution in [0.15, 0.2) is 65.5 Å². The van der Waals surface area contributed by atoms with Crippen LogP contribution in [0.4, 0.5) is 4.39 Å². The molecule has 0 unspecified atom stereocenters. The van der Waals surface area contributed by atoms with Crippen LogP contribution in [0.25, 0.3) is 11.3 Å². The highest BCUT2D eigenvalue weighted by atomic mass is 19.1. The third-order valence-corrected chi connectivity index (χ3v) is 3.50. The highest BCUT2D eigenvalue weighted by Crippen LogP contribution is 2.19. The van der Waals surface area contributed by atoms with Gasteiger partial charge in [-0.1, -0.05) is 12.1 Å². The van der Waals surface area contributed by atoms with Crippen LogP contribution in [0, 0.1) is 5.82 Å². The molecule has 0 bridgehead atoms. The van der Waals surface area contributed by atoms with Gasteiger partial charge in [-0.3, -0.25) is 4.79 Å². The van der Waals surface area contributed by atoms with Crippen molar-refractivity contribution < 1.29 is 9.13 Å². The predicted molar refractivity (Wildman–Crippen MR) is 86.0 cm³/mol. The molecular weight excluding hydrogens is 295 g/mol. The van der Waals surface area contributed by atoms with Crippen LogP contribution in [0.3, 0.4) is 0 Å². The normalized spacial score (nSPS) is 10.5. The Labute approximate surface area is 132 Å². The summed E-state index contributed by atoms with van der Waals surface area (Å²) in [6.45, 7) is 0.295. The van der Waals surface area contributed by atoms with Crippen molar-refractivity contribution >= 4 is 0 Å². The third kappa shape index (κ3) is 3.45. The summed E-state index contributed by atoms with van der Waals surface area (Å²) >= 11 is 0. The minimum Gasteiger partial charge on any atom is -0.497 e. The van der Waals surface area contributed by atoms with E-state index in [0.717, 1.165) is 16.9 Å². The largest absolute Gasteiger partial charge is 0.497 e. The van der Waals surface area contributed by atoms with Gasteiger partial charge in [-0.2, -0.15) is 5.10 Å². The zero-order chi connectivity index (χ0) is 16.2. The van der Waals surface area contributed by atoms with E-state index >= 15 is 0 Å². The summed E-state index contributed by atoms with van der Waals surface area (Å²) in [4.78, 5) is 12.0. The lowest BCUT2D eigenvalue weighted by Gasteiger charge is -2.08. The first-order valence-corrected chi connectivity index (χ1v) is 7.13. The molecule has 0 saturated carbocycles. The van der Waals surface area contributed by atoms with Crippen molar-refractivity contribution in [1.29, 1.82) is 0 Å². The smallest absolute Gasteiger partial charge is 0.267 e. The highest BCUT2D eigenvalue weighted by Gasteiger charge is 2.05. The number of hydrogen-bond acceptors (Lipinski definition) is 3. The van der Waals surface area contributed by atoms with Crippen LogP contribution >= 0.6 is 0 Å². The van der Waals surface area contributed by atoms with Crippen LogP contribution in [0.5, 0.6) is 5.75 Å². The van der Waals surface area contributed by atoms with Crippen LogP contribution in [-0.2, 0) is 6.54 Å². The summed E-state index contributed by atoms with van der Waals surface area (Å²) in [5.41, 5.74) is 2.19. The molecule has 23 heavy (non-hydrogen) atoms. The van der Waals surface area contributed by atoms with Crippen LogP contribution in [0.2, 0.25) is 0 Å². The molecule has 0 amide bonds. The number of benzene rings is 2. The van der Waals surface area contributed by atoms with Crippen molar-refractivity contribution in [2.24, 2.45) is 0 Å². The molecule has 2 aromatic carbocycles. The Kier molecular flexibility index (Phi) is 4.19. The lowest BCUT2D eigenvalue weighted by Crippen LogP contribution is -2.22. The first kappa shape index (κ1) is 15.0. The van der Waals surface area contributed by atoms with Crippen molar-refractivity contribution in [3.8, 4) is 17.0 Å². The second-order valence-electron chi connectivity index (χ2n) is 5.07.